The van der Waals surface area contributed by atoms with Crippen molar-refractivity contribution in [2.24, 2.45) is 0 Å². The molecule has 1 atom stereocenters. The Bertz CT molecular complexity index is 406. The zero-order valence-corrected chi connectivity index (χ0v) is 8.67. The van der Waals surface area contributed by atoms with Crippen LogP contribution in [-0.4, -0.2) is 33.1 Å². The van der Waals surface area contributed by atoms with Crippen molar-refractivity contribution in [1.29, 1.82) is 0 Å². The summed E-state index contributed by atoms with van der Waals surface area (Å²) in [5, 5.41) is 20.2. The Morgan fingerprint density at radius 1 is 1.50 bits per heavy atom. The number of carboxylic acid groups (broad SMARTS) is 1. The standard InChI is InChI=1S/C10H12N2O4/c1-2-8(10(15)16)12-9(14)6-3-7(13)5-11-4-6/h3-5,8,13H,2H2,1H3,(H,12,14)(H,15,16). The molecule has 6 heteroatoms. The second-order valence-corrected chi connectivity index (χ2v) is 3.20. The number of nitrogens with one attached hydrogen (secondary N) is 1. The van der Waals surface area contributed by atoms with Gasteiger partial charge in [-0.2, -0.15) is 0 Å². The summed E-state index contributed by atoms with van der Waals surface area (Å²) in [6, 6.07) is 0.284. The number of nitrogens with zero attached hydrogens (tertiary/aromatic N) is 1. The number of carbonyl (C=O) groups excluding carboxylic acids is 1. The van der Waals surface area contributed by atoms with Crippen LogP contribution < -0.4 is 5.32 Å². The van der Waals surface area contributed by atoms with Gasteiger partial charge in [-0.25, -0.2) is 4.79 Å². The molecule has 1 heterocycles. The maximum atomic E-state index is 11.5. The second-order valence-electron chi connectivity index (χ2n) is 3.20. The lowest BCUT2D eigenvalue weighted by Gasteiger charge is -2.11. The van der Waals surface area contributed by atoms with E-state index in [1.165, 1.54) is 18.5 Å². The van der Waals surface area contributed by atoms with Gasteiger partial charge in [-0.1, -0.05) is 6.92 Å². The summed E-state index contributed by atoms with van der Waals surface area (Å²) < 4.78 is 0. The molecule has 1 unspecified atom stereocenters. The largest absolute Gasteiger partial charge is 0.506 e. The molecule has 0 aliphatic carbocycles. The van der Waals surface area contributed by atoms with E-state index in [0.717, 1.165) is 0 Å². The topological polar surface area (TPSA) is 99.5 Å². The molecule has 0 saturated heterocycles. The first-order valence-corrected chi connectivity index (χ1v) is 4.72. The summed E-state index contributed by atoms with van der Waals surface area (Å²) in [4.78, 5) is 25.9. The molecular weight excluding hydrogens is 212 g/mol. The van der Waals surface area contributed by atoms with Crippen LogP contribution in [0.2, 0.25) is 0 Å². The van der Waals surface area contributed by atoms with Crippen LogP contribution in [0.3, 0.4) is 0 Å². The molecule has 1 amide bonds. The molecule has 0 aliphatic heterocycles. The van der Waals surface area contributed by atoms with Crippen LogP contribution in [0.4, 0.5) is 0 Å². The summed E-state index contributed by atoms with van der Waals surface area (Å²) in [7, 11) is 0. The molecule has 1 aromatic rings. The van der Waals surface area contributed by atoms with Gasteiger partial charge in [-0.05, 0) is 12.5 Å². The number of rotatable bonds is 4. The monoisotopic (exact) mass is 224 g/mol. The number of hydrogen-bond acceptors (Lipinski definition) is 4. The predicted molar refractivity (Wildman–Crippen MR) is 55.1 cm³/mol. The molecule has 0 fully saturated rings. The van der Waals surface area contributed by atoms with Crippen LogP contribution >= 0.6 is 0 Å². The van der Waals surface area contributed by atoms with Gasteiger partial charge in [0.05, 0.1) is 11.8 Å². The van der Waals surface area contributed by atoms with E-state index in [1.54, 1.807) is 6.92 Å². The highest BCUT2D eigenvalue weighted by Gasteiger charge is 2.18. The van der Waals surface area contributed by atoms with Gasteiger partial charge in [0.25, 0.3) is 5.91 Å². The van der Waals surface area contributed by atoms with Crippen LogP contribution in [0.1, 0.15) is 23.7 Å². The molecule has 3 N–H and O–H groups in total. The number of aromatic nitrogens is 1. The van der Waals surface area contributed by atoms with Crippen molar-refractivity contribution in [3.8, 4) is 5.75 Å². The highest BCUT2D eigenvalue weighted by atomic mass is 16.4. The summed E-state index contributed by atoms with van der Waals surface area (Å²) in [6.45, 7) is 1.65. The molecule has 16 heavy (non-hydrogen) atoms. The highest BCUT2D eigenvalue weighted by molar-refractivity contribution is 5.96. The molecule has 1 rings (SSSR count). The number of carbonyl (C=O) groups is 2. The van der Waals surface area contributed by atoms with E-state index in [4.69, 9.17) is 10.2 Å². The Balaban J connectivity index is 2.75. The minimum atomic E-state index is -1.09. The van der Waals surface area contributed by atoms with Gasteiger partial charge < -0.3 is 15.5 Å². The molecule has 6 nitrogen and oxygen atoms in total. The first-order chi connectivity index (χ1) is 7.54. The molecule has 86 valence electrons. The van der Waals surface area contributed by atoms with E-state index in [-0.39, 0.29) is 17.7 Å². The smallest absolute Gasteiger partial charge is 0.326 e. The Morgan fingerprint density at radius 3 is 2.69 bits per heavy atom. The summed E-state index contributed by atoms with van der Waals surface area (Å²) in [5.41, 5.74) is 0.125. The van der Waals surface area contributed by atoms with Gasteiger partial charge >= 0.3 is 5.97 Å². The number of carboxylic acids is 1. The van der Waals surface area contributed by atoms with E-state index in [1.807, 2.05) is 0 Å². The van der Waals surface area contributed by atoms with Gasteiger partial charge in [0.2, 0.25) is 0 Å². The number of hydrogen-bond donors (Lipinski definition) is 3. The summed E-state index contributed by atoms with van der Waals surface area (Å²) in [6.07, 6.45) is 2.72. The normalized spacial score (nSPS) is 11.8. The lowest BCUT2D eigenvalue weighted by Crippen LogP contribution is -2.40. The number of aromatic hydroxyl groups is 1. The zero-order chi connectivity index (χ0) is 12.1. The maximum absolute atomic E-state index is 11.5. The fourth-order valence-electron chi connectivity index (χ4n) is 1.13. The van der Waals surface area contributed by atoms with Gasteiger partial charge in [-0.15, -0.1) is 0 Å². The van der Waals surface area contributed by atoms with E-state index in [2.05, 4.69) is 10.3 Å². The third-order valence-corrected chi connectivity index (χ3v) is 2.00. The van der Waals surface area contributed by atoms with Crippen LogP contribution in [0.5, 0.6) is 5.75 Å². The van der Waals surface area contributed by atoms with Crippen molar-refractivity contribution in [3.05, 3.63) is 24.0 Å². The first-order valence-electron chi connectivity index (χ1n) is 4.72. The van der Waals surface area contributed by atoms with Crippen molar-refractivity contribution in [1.82, 2.24) is 10.3 Å². The van der Waals surface area contributed by atoms with Crippen molar-refractivity contribution >= 4 is 11.9 Å². The quantitative estimate of drug-likeness (QED) is 0.686. The molecule has 0 bridgehead atoms. The van der Waals surface area contributed by atoms with E-state index in [0.29, 0.717) is 0 Å². The van der Waals surface area contributed by atoms with Crippen molar-refractivity contribution in [2.45, 2.75) is 19.4 Å². The number of amides is 1. The first kappa shape index (κ1) is 12.0. The Labute approximate surface area is 91.9 Å². The van der Waals surface area contributed by atoms with Gasteiger partial charge in [0.1, 0.15) is 11.8 Å². The molecule has 0 aliphatic rings. The highest BCUT2D eigenvalue weighted by Crippen LogP contribution is 2.08. The van der Waals surface area contributed by atoms with Crippen LogP contribution in [0, 0.1) is 0 Å². The van der Waals surface area contributed by atoms with Crippen LogP contribution in [-0.2, 0) is 4.79 Å². The summed E-state index contributed by atoms with van der Waals surface area (Å²) in [5.74, 6) is -1.81. The average molecular weight is 224 g/mol. The van der Waals surface area contributed by atoms with E-state index >= 15 is 0 Å². The lowest BCUT2D eigenvalue weighted by atomic mass is 10.2. The zero-order valence-electron chi connectivity index (χ0n) is 8.67. The third-order valence-electron chi connectivity index (χ3n) is 2.00. The fourth-order valence-corrected chi connectivity index (χ4v) is 1.13. The number of aliphatic carboxylic acids is 1. The number of pyridine rings is 1. The van der Waals surface area contributed by atoms with Crippen molar-refractivity contribution in [2.75, 3.05) is 0 Å². The third kappa shape index (κ3) is 2.94. The predicted octanol–water partition coefficient (Wildman–Crippen LogP) is 0.380. The van der Waals surface area contributed by atoms with Crippen molar-refractivity contribution < 1.29 is 19.8 Å². The van der Waals surface area contributed by atoms with Crippen LogP contribution in [0.15, 0.2) is 18.5 Å². The summed E-state index contributed by atoms with van der Waals surface area (Å²) >= 11 is 0. The fraction of sp³-hybridized carbons (Fsp3) is 0.300. The minimum Gasteiger partial charge on any atom is -0.506 e. The second kappa shape index (κ2) is 5.11. The molecule has 0 spiro atoms. The molecule has 1 aromatic heterocycles. The molecule has 0 saturated carbocycles. The van der Waals surface area contributed by atoms with Gasteiger partial charge in [0, 0.05) is 6.20 Å². The molecular formula is C10H12N2O4. The van der Waals surface area contributed by atoms with E-state index in [9.17, 15) is 9.59 Å². The SMILES string of the molecule is CCC(NC(=O)c1cncc(O)c1)C(=O)O. The van der Waals surface area contributed by atoms with Crippen molar-refractivity contribution in [3.63, 3.8) is 0 Å². The maximum Gasteiger partial charge on any atom is 0.326 e. The van der Waals surface area contributed by atoms with Gasteiger partial charge in [0.15, 0.2) is 0 Å². The molecule has 0 radical (unpaired) electrons. The lowest BCUT2D eigenvalue weighted by molar-refractivity contribution is -0.139. The Morgan fingerprint density at radius 2 is 2.19 bits per heavy atom. The average Bonchev–Trinajstić information content (AvgIpc) is 2.25. The van der Waals surface area contributed by atoms with Crippen LogP contribution in [0.25, 0.3) is 0 Å². The molecule has 0 aromatic carbocycles. The van der Waals surface area contributed by atoms with Gasteiger partial charge in [-0.3, -0.25) is 9.78 Å². The van der Waals surface area contributed by atoms with E-state index < -0.39 is 17.9 Å². The minimum absolute atomic E-state index is 0.125. The Kier molecular flexibility index (Phi) is 3.82. The Hall–Kier alpha value is -2.11.